The molecule has 3 unspecified atom stereocenters. The molecule has 2 aliphatic heterocycles. The zero-order valence-corrected chi connectivity index (χ0v) is 10.7. The van der Waals surface area contributed by atoms with Gasteiger partial charge in [0.15, 0.2) is 0 Å². The van der Waals surface area contributed by atoms with Crippen LogP contribution in [0.25, 0.3) is 0 Å². The Hall–Kier alpha value is -0.820. The van der Waals surface area contributed by atoms with Crippen LogP contribution in [0.2, 0.25) is 0 Å². The number of halogens is 3. The fraction of sp³-hybridized carbons (Fsp3) is 0.917. The molecule has 2 aliphatic rings. The van der Waals surface area contributed by atoms with Crippen molar-refractivity contribution in [2.24, 2.45) is 17.6 Å². The van der Waals surface area contributed by atoms with Gasteiger partial charge in [-0.2, -0.15) is 13.2 Å². The van der Waals surface area contributed by atoms with Crippen molar-refractivity contribution in [1.29, 1.82) is 0 Å². The van der Waals surface area contributed by atoms with E-state index in [-0.39, 0.29) is 31.0 Å². The van der Waals surface area contributed by atoms with Crippen molar-refractivity contribution in [3.63, 3.8) is 0 Å². The summed E-state index contributed by atoms with van der Waals surface area (Å²) in [5.74, 6) is -1.12. The largest absolute Gasteiger partial charge is 0.394 e. The number of nitrogens with zero attached hydrogens (tertiary/aromatic N) is 1. The predicted octanol–water partition coefficient (Wildman–Crippen LogP) is 0.724. The van der Waals surface area contributed by atoms with Gasteiger partial charge in [0, 0.05) is 38.6 Å². The van der Waals surface area contributed by atoms with Crippen LogP contribution in [-0.2, 0) is 4.79 Å². The number of likely N-dealkylation sites (tertiary alicyclic amines) is 1. The van der Waals surface area contributed by atoms with E-state index in [1.807, 2.05) is 4.90 Å². The highest BCUT2D eigenvalue weighted by Gasteiger charge is 2.41. The van der Waals surface area contributed by atoms with Gasteiger partial charge in [-0.3, -0.25) is 4.79 Å². The average Bonchev–Trinajstić information content (AvgIpc) is 2.34. The van der Waals surface area contributed by atoms with E-state index in [1.54, 1.807) is 0 Å². The van der Waals surface area contributed by atoms with E-state index >= 15 is 0 Å². The molecular formula is C12H20F3N3O. The number of alkyl halides is 3. The standard InChI is InChI=1S/C12H20F3N3O/c13-12(14,15)9(5-16)7-18-4-3-10-8(6-18)1-2-11(19)17-10/h8-10H,1-7,16H2,(H,17,19). The highest BCUT2D eigenvalue weighted by atomic mass is 19.4. The van der Waals surface area contributed by atoms with Crippen LogP contribution < -0.4 is 11.1 Å². The summed E-state index contributed by atoms with van der Waals surface area (Å²) < 4.78 is 38.1. The third-order valence-electron chi connectivity index (χ3n) is 4.13. The Kier molecular flexibility index (Phi) is 4.35. The van der Waals surface area contributed by atoms with Crippen molar-refractivity contribution >= 4 is 5.91 Å². The zero-order chi connectivity index (χ0) is 14.0. The van der Waals surface area contributed by atoms with Crippen LogP contribution in [0, 0.1) is 11.8 Å². The molecule has 2 heterocycles. The second-order valence-electron chi connectivity index (χ2n) is 5.50. The number of hydrogen-bond donors (Lipinski definition) is 2. The van der Waals surface area contributed by atoms with Crippen molar-refractivity contribution in [3.8, 4) is 0 Å². The lowest BCUT2D eigenvalue weighted by Gasteiger charge is -2.42. The molecule has 0 saturated carbocycles. The second-order valence-corrected chi connectivity index (χ2v) is 5.50. The molecule has 0 aromatic carbocycles. The number of fused-ring (bicyclic) bond motifs is 1. The van der Waals surface area contributed by atoms with Crippen LogP contribution in [0.5, 0.6) is 0 Å². The maximum atomic E-state index is 12.7. The van der Waals surface area contributed by atoms with E-state index in [0.717, 1.165) is 12.8 Å². The Labute approximate surface area is 110 Å². The van der Waals surface area contributed by atoms with Crippen LogP contribution in [0.1, 0.15) is 19.3 Å². The molecule has 0 bridgehead atoms. The van der Waals surface area contributed by atoms with Gasteiger partial charge in [-0.15, -0.1) is 0 Å². The number of hydrogen-bond acceptors (Lipinski definition) is 3. The molecule has 3 N–H and O–H groups in total. The number of rotatable bonds is 3. The molecule has 0 aliphatic carbocycles. The molecular weight excluding hydrogens is 259 g/mol. The van der Waals surface area contributed by atoms with Gasteiger partial charge in [-0.25, -0.2) is 0 Å². The minimum atomic E-state index is -4.23. The minimum Gasteiger partial charge on any atom is -0.353 e. The maximum absolute atomic E-state index is 12.7. The molecule has 2 saturated heterocycles. The first-order valence-corrected chi connectivity index (χ1v) is 6.68. The van der Waals surface area contributed by atoms with Gasteiger partial charge in [-0.05, 0) is 18.8 Å². The van der Waals surface area contributed by atoms with Gasteiger partial charge in [0.05, 0.1) is 5.92 Å². The van der Waals surface area contributed by atoms with Gasteiger partial charge in [-0.1, -0.05) is 0 Å². The Morgan fingerprint density at radius 3 is 2.79 bits per heavy atom. The van der Waals surface area contributed by atoms with Gasteiger partial charge in [0.2, 0.25) is 5.91 Å². The number of nitrogens with one attached hydrogen (secondary N) is 1. The smallest absolute Gasteiger partial charge is 0.353 e. The van der Waals surface area contributed by atoms with Crippen molar-refractivity contribution < 1.29 is 18.0 Å². The summed E-state index contributed by atoms with van der Waals surface area (Å²) in [6.07, 6.45) is -2.25. The minimum absolute atomic E-state index is 0.0306. The first-order chi connectivity index (χ1) is 8.90. The Morgan fingerprint density at radius 1 is 1.42 bits per heavy atom. The molecule has 19 heavy (non-hydrogen) atoms. The first-order valence-electron chi connectivity index (χ1n) is 6.68. The summed E-state index contributed by atoms with van der Waals surface area (Å²) in [6, 6.07) is 0.139. The van der Waals surface area contributed by atoms with Gasteiger partial charge < -0.3 is 16.0 Å². The third-order valence-corrected chi connectivity index (χ3v) is 4.13. The fourth-order valence-corrected chi connectivity index (χ4v) is 2.97. The lowest BCUT2D eigenvalue weighted by molar-refractivity contribution is -0.177. The van der Waals surface area contributed by atoms with Crippen LogP contribution in [0.4, 0.5) is 13.2 Å². The number of nitrogens with two attached hydrogens (primary N) is 1. The van der Waals surface area contributed by atoms with E-state index < -0.39 is 12.1 Å². The molecule has 110 valence electrons. The Bertz CT molecular complexity index is 335. The summed E-state index contributed by atoms with van der Waals surface area (Å²) in [6.45, 7) is 0.813. The van der Waals surface area contributed by atoms with E-state index in [0.29, 0.717) is 19.5 Å². The van der Waals surface area contributed by atoms with Gasteiger partial charge in [0.25, 0.3) is 0 Å². The van der Waals surface area contributed by atoms with E-state index in [2.05, 4.69) is 5.32 Å². The zero-order valence-electron chi connectivity index (χ0n) is 10.7. The lowest BCUT2D eigenvalue weighted by atomic mass is 9.85. The summed E-state index contributed by atoms with van der Waals surface area (Å²) in [7, 11) is 0. The molecule has 0 spiro atoms. The molecule has 1 amide bonds. The molecule has 2 rings (SSSR count). The Balaban J connectivity index is 1.89. The quantitative estimate of drug-likeness (QED) is 0.800. The van der Waals surface area contributed by atoms with Crippen molar-refractivity contribution in [3.05, 3.63) is 0 Å². The second kappa shape index (κ2) is 5.66. The molecule has 2 fully saturated rings. The topological polar surface area (TPSA) is 58.4 Å². The normalized spacial score (nSPS) is 30.6. The number of piperidine rings is 2. The number of carbonyl (C=O) groups is 1. The van der Waals surface area contributed by atoms with Crippen LogP contribution in [-0.4, -0.2) is 49.2 Å². The third kappa shape index (κ3) is 3.60. The summed E-state index contributed by atoms with van der Waals surface area (Å²) >= 11 is 0. The van der Waals surface area contributed by atoms with Crippen LogP contribution in [0.3, 0.4) is 0 Å². The van der Waals surface area contributed by atoms with Gasteiger partial charge in [0.1, 0.15) is 0 Å². The maximum Gasteiger partial charge on any atom is 0.394 e. The van der Waals surface area contributed by atoms with Crippen LogP contribution >= 0.6 is 0 Å². The monoisotopic (exact) mass is 279 g/mol. The highest BCUT2D eigenvalue weighted by Crippen LogP contribution is 2.29. The molecule has 0 aromatic rings. The van der Waals surface area contributed by atoms with Crippen molar-refractivity contribution in [2.75, 3.05) is 26.2 Å². The van der Waals surface area contributed by atoms with Gasteiger partial charge >= 0.3 is 6.18 Å². The predicted molar refractivity (Wildman–Crippen MR) is 64.3 cm³/mol. The lowest BCUT2D eigenvalue weighted by Crippen LogP contribution is -2.55. The summed E-state index contributed by atoms with van der Waals surface area (Å²) in [4.78, 5) is 13.1. The van der Waals surface area contributed by atoms with Crippen molar-refractivity contribution in [1.82, 2.24) is 10.2 Å². The fourth-order valence-electron chi connectivity index (χ4n) is 2.97. The number of carbonyl (C=O) groups excluding carboxylic acids is 1. The summed E-state index contributed by atoms with van der Waals surface area (Å²) in [5.41, 5.74) is 5.22. The molecule has 4 nitrogen and oxygen atoms in total. The summed E-state index contributed by atoms with van der Waals surface area (Å²) in [5, 5.41) is 2.92. The highest BCUT2D eigenvalue weighted by molar-refractivity contribution is 5.77. The van der Waals surface area contributed by atoms with Crippen LogP contribution in [0.15, 0.2) is 0 Å². The molecule has 0 radical (unpaired) electrons. The number of amides is 1. The average molecular weight is 279 g/mol. The molecule has 3 atom stereocenters. The van der Waals surface area contributed by atoms with E-state index in [9.17, 15) is 18.0 Å². The molecule has 0 aromatic heterocycles. The SMILES string of the molecule is NCC(CN1CCC2NC(=O)CCC2C1)C(F)(F)F. The Morgan fingerprint density at radius 2 is 2.16 bits per heavy atom. The molecule has 7 heteroatoms. The van der Waals surface area contributed by atoms with E-state index in [4.69, 9.17) is 5.73 Å². The van der Waals surface area contributed by atoms with E-state index in [1.165, 1.54) is 0 Å². The van der Waals surface area contributed by atoms with Crippen molar-refractivity contribution in [2.45, 2.75) is 31.5 Å². The first kappa shape index (κ1) is 14.6.